The van der Waals surface area contributed by atoms with Crippen molar-refractivity contribution in [2.75, 3.05) is 49.1 Å². The Morgan fingerprint density at radius 3 is 2.24 bits per heavy atom. The zero-order chi connectivity index (χ0) is 23.7. The fourth-order valence-corrected chi connectivity index (χ4v) is 4.90. The summed E-state index contributed by atoms with van der Waals surface area (Å²) in [6.45, 7) is 5.12. The van der Waals surface area contributed by atoms with Gasteiger partial charge in [-0.05, 0) is 43.0 Å². The molecule has 7 nitrogen and oxygen atoms in total. The first-order valence-corrected chi connectivity index (χ1v) is 11.7. The Bertz CT molecular complexity index is 1070. The number of nitrogens with zero attached hydrogens (tertiary/aromatic N) is 4. The highest BCUT2D eigenvalue weighted by Gasteiger charge is 2.30. The van der Waals surface area contributed by atoms with Gasteiger partial charge < -0.3 is 14.7 Å². The number of piperidine rings is 1. The molecular weight excluding hydrogens is 470 g/mol. The highest BCUT2D eigenvalue weighted by molar-refractivity contribution is 6.36. The van der Waals surface area contributed by atoms with Crippen molar-refractivity contribution in [3.8, 4) is 0 Å². The first-order valence-electron chi connectivity index (χ1n) is 11.0. The van der Waals surface area contributed by atoms with Crippen LogP contribution in [0.4, 0.5) is 21.5 Å². The number of piperazine rings is 1. The molecule has 2 aromatic rings. The third kappa shape index (κ3) is 5.01. The van der Waals surface area contributed by atoms with Crippen LogP contribution in [0.15, 0.2) is 30.3 Å². The Morgan fingerprint density at radius 2 is 1.64 bits per heavy atom. The molecule has 2 saturated heterocycles. The number of rotatable bonds is 4. The van der Waals surface area contributed by atoms with E-state index in [4.69, 9.17) is 23.2 Å². The van der Waals surface area contributed by atoms with Crippen molar-refractivity contribution in [2.45, 2.75) is 19.8 Å². The quantitative estimate of drug-likeness (QED) is 0.429. The van der Waals surface area contributed by atoms with Gasteiger partial charge in [0.15, 0.2) is 5.82 Å². The van der Waals surface area contributed by atoms with Gasteiger partial charge >= 0.3 is 0 Å². The molecule has 0 N–H and O–H groups in total. The Balaban J connectivity index is 1.53. The molecule has 0 unspecified atom stereocenters. The SMILES string of the molecule is CC1CCN(c2cc(N3CCN(C(=O)c4ccc(Cl)cc4Cl)CC3)c([N+](=O)[O-])cc2F)CC1. The van der Waals surface area contributed by atoms with Crippen molar-refractivity contribution in [1.29, 1.82) is 0 Å². The second-order valence-electron chi connectivity index (χ2n) is 8.62. The minimum absolute atomic E-state index is 0.215. The van der Waals surface area contributed by atoms with Gasteiger partial charge in [-0.3, -0.25) is 14.9 Å². The van der Waals surface area contributed by atoms with Crippen molar-refractivity contribution >= 4 is 46.2 Å². The Labute approximate surface area is 201 Å². The fourth-order valence-electron chi connectivity index (χ4n) is 4.42. The molecule has 0 radical (unpaired) electrons. The summed E-state index contributed by atoms with van der Waals surface area (Å²) in [6, 6.07) is 7.35. The van der Waals surface area contributed by atoms with E-state index in [1.54, 1.807) is 23.1 Å². The molecule has 1 amide bonds. The van der Waals surface area contributed by atoms with Crippen molar-refractivity contribution < 1.29 is 14.1 Å². The lowest BCUT2D eigenvalue weighted by Gasteiger charge is -2.37. The summed E-state index contributed by atoms with van der Waals surface area (Å²) in [6.07, 6.45) is 1.92. The van der Waals surface area contributed by atoms with Crippen LogP contribution in [0.3, 0.4) is 0 Å². The van der Waals surface area contributed by atoms with E-state index in [-0.39, 0.29) is 16.6 Å². The van der Waals surface area contributed by atoms with Gasteiger partial charge in [0.25, 0.3) is 11.6 Å². The van der Waals surface area contributed by atoms with Crippen molar-refractivity contribution in [3.05, 3.63) is 61.9 Å². The van der Waals surface area contributed by atoms with Gasteiger partial charge in [0, 0.05) is 44.3 Å². The van der Waals surface area contributed by atoms with Crippen LogP contribution >= 0.6 is 23.2 Å². The predicted octanol–water partition coefficient (Wildman–Crippen LogP) is 5.24. The van der Waals surface area contributed by atoms with E-state index in [0.29, 0.717) is 54.1 Å². The van der Waals surface area contributed by atoms with Crippen LogP contribution < -0.4 is 9.80 Å². The van der Waals surface area contributed by atoms with E-state index in [1.165, 1.54) is 6.07 Å². The van der Waals surface area contributed by atoms with Crippen LogP contribution in [0.5, 0.6) is 0 Å². The lowest BCUT2D eigenvalue weighted by atomic mass is 9.98. The van der Waals surface area contributed by atoms with Gasteiger partial charge in [-0.2, -0.15) is 0 Å². The molecule has 0 aromatic heterocycles. The number of hydrogen-bond acceptors (Lipinski definition) is 5. The molecule has 2 aliphatic rings. The molecule has 2 aromatic carbocycles. The van der Waals surface area contributed by atoms with Gasteiger partial charge in [0.1, 0.15) is 5.69 Å². The van der Waals surface area contributed by atoms with Gasteiger partial charge in [0.2, 0.25) is 0 Å². The maximum Gasteiger partial charge on any atom is 0.295 e. The molecule has 0 spiro atoms. The average molecular weight is 495 g/mol. The van der Waals surface area contributed by atoms with Crippen LogP contribution in [0.25, 0.3) is 0 Å². The molecule has 0 aliphatic carbocycles. The maximum atomic E-state index is 14.8. The van der Waals surface area contributed by atoms with Gasteiger partial charge in [-0.15, -0.1) is 0 Å². The Hall–Kier alpha value is -2.58. The minimum Gasteiger partial charge on any atom is -0.369 e. The summed E-state index contributed by atoms with van der Waals surface area (Å²) in [5, 5.41) is 12.4. The molecule has 176 valence electrons. The molecule has 2 aliphatic heterocycles. The fraction of sp³-hybridized carbons (Fsp3) is 0.435. The monoisotopic (exact) mass is 494 g/mol. The average Bonchev–Trinajstić information content (AvgIpc) is 2.79. The topological polar surface area (TPSA) is 69.9 Å². The maximum absolute atomic E-state index is 14.8. The molecule has 0 bridgehead atoms. The zero-order valence-corrected chi connectivity index (χ0v) is 19.8. The first-order chi connectivity index (χ1) is 15.7. The minimum atomic E-state index is -0.578. The van der Waals surface area contributed by atoms with Crippen LogP contribution in [-0.2, 0) is 0 Å². The zero-order valence-electron chi connectivity index (χ0n) is 18.3. The van der Waals surface area contributed by atoms with Gasteiger partial charge in [0.05, 0.1) is 27.3 Å². The molecule has 4 rings (SSSR count). The van der Waals surface area contributed by atoms with Gasteiger partial charge in [-0.1, -0.05) is 30.1 Å². The largest absolute Gasteiger partial charge is 0.369 e. The van der Waals surface area contributed by atoms with E-state index in [2.05, 4.69) is 6.92 Å². The number of hydrogen-bond donors (Lipinski definition) is 0. The highest BCUT2D eigenvalue weighted by atomic mass is 35.5. The van der Waals surface area contributed by atoms with E-state index in [0.717, 1.165) is 32.0 Å². The number of benzene rings is 2. The van der Waals surface area contributed by atoms with Crippen LogP contribution in [0.2, 0.25) is 10.0 Å². The summed E-state index contributed by atoms with van der Waals surface area (Å²) in [5.41, 5.74) is 0.881. The number of nitro benzene ring substituents is 1. The van der Waals surface area contributed by atoms with E-state index < -0.39 is 10.7 Å². The summed E-state index contributed by atoms with van der Waals surface area (Å²) in [7, 11) is 0. The van der Waals surface area contributed by atoms with Crippen LogP contribution in [-0.4, -0.2) is 55.0 Å². The smallest absolute Gasteiger partial charge is 0.295 e. The number of carbonyl (C=O) groups excluding carboxylic acids is 1. The lowest BCUT2D eigenvalue weighted by Crippen LogP contribution is -2.49. The summed E-state index contributed by atoms with van der Waals surface area (Å²) >= 11 is 12.1. The van der Waals surface area contributed by atoms with Crippen LogP contribution in [0, 0.1) is 21.8 Å². The highest BCUT2D eigenvalue weighted by Crippen LogP contribution is 2.37. The Kier molecular flexibility index (Phi) is 6.95. The van der Waals surface area contributed by atoms with Crippen molar-refractivity contribution in [1.82, 2.24) is 4.90 Å². The number of amides is 1. The molecular formula is C23H25Cl2FN4O3. The standard InChI is InChI=1S/C23H25Cl2FN4O3/c1-15-4-6-27(7-5-15)20-14-21(22(30(32)33)13-19(20)26)28-8-10-29(11-9-28)23(31)17-3-2-16(24)12-18(17)25/h2-3,12-15H,4-11H2,1H3. The van der Waals surface area contributed by atoms with Crippen LogP contribution in [0.1, 0.15) is 30.1 Å². The van der Waals surface area contributed by atoms with E-state index >= 15 is 0 Å². The summed E-state index contributed by atoms with van der Waals surface area (Å²) < 4.78 is 14.8. The van der Waals surface area contributed by atoms with E-state index in [9.17, 15) is 19.3 Å². The summed E-state index contributed by atoms with van der Waals surface area (Å²) in [4.78, 5) is 29.5. The second kappa shape index (κ2) is 9.73. The Morgan fingerprint density at radius 1 is 1.00 bits per heavy atom. The van der Waals surface area contributed by atoms with Gasteiger partial charge in [-0.25, -0.2) is 4.39 Å². The molecule has 0 atom stereocenters. The summed E-state index contributed by atoms with van der Waals surface area (Å²) in [5.74, 6) is -0.208. The molecule has 2 fully saturated rings. The molecule has 0 saturated carbocycles. The van der Waals surface area contributed by atoms with Crippen molar-refractivity contribution in [2.24, 2.45) is 5.92 Å². The number of carbonyl (C=O) groups is 1. The van der Waals surface area contributed by atoms with E-state index in [1.807, 2.05) is 9.80 Å². The number of anilines is 2. The molecule has 10 heteroatoms. The second-order valence-corrected chi connectivity index (χ2v) is 9.47. The molecule has 2 heterocycles. The van der Waals surface area contributed by atoms with Crippen molar-refractivity contribution in [3.63, 3.8) is 0 Å². The molecule has 33 heavy (non-hydrogen) atoms. The third-order valence-corrected chi connectivity index (χ3v) is 6.98. The third-order valence-electron chi connectivity index (χ3n) is 6.43. The number of halogens is 3. The lowest BCUT2D eigenvalue weighted by molar-refractivity contribution is -0.384. The first kappa shape index (κ1) is 23.6. The predicted molar refractivity (Wildman–Crippen MR) is 128 cm³/mol. The number of nitro groups is 1. The normalized spacial score (nSPS) is 17.4.